The van der Waals surface area contributed by atoms with Gasteiger partial charge in [0.2, 0.25) is 0 Å². The van der Waals surface area contributed by atoms with Crippen molar-refractivity contribution in [2.24, 2.45) is 5.92 Å². The molecule has 0 amide bonds. The van der Waals surface area contributed by atoms with Crippen molar-refractivity contribution in [3.8, 4) is 0 Å². The fraction of sp³-hybridized carbons (Fsp3) is 1.00. The Kier molecular flexibility index (Phi) is 9.79. The summed E-state index contributed by atoms with van der Waals surface area (Å²) in [5.41, 5.74) is 0. The van der Waals surface area contributed by atoms with Crippen LogP contribution in [0.5, 0.6) is 0 Å². The molecule has 0 aliphatic rings. The molecule has 3 heteroatoms. The van der Waals surface area contributed by atoms with Crippen molar-refractivity contribution < 1.29 is 4.74 Å². The Morgan fingerprint density at radius 2 is 1.82 bits per heavy atom. The zero-order valence-electron chi connectivity index (χ0n) is 12.6. The number of methoxy groups -OCH3 is 1. The molecule has 0 rings (SSSR count). The van der Waals surface area contributed by atoms with E-state index >= 15 is 0 Å². The number of likely N-dealkylation sites (N-methyl/N-ethyl adjacent to an activating group) is 1. The number of ether oxygens (including phenoxy) is 1. The van der Waals surface area contributed by atoms with E-state index in [9.17, 15) is 0 Å². The molecule has 0 aromatic heterocycles. The largest absolute Gasteiger partial charge is 0.383 e. The van der Waals surface area contributed by atoms with Gasteiger partial charge in [-0.25, -0.2) is 0 Å². The topological polar surface area (TPSA) is 24.5 Å². The highest BCUT2D eigenvalue weighted by molar-refractivity contribution is 4.80. The highest BCUT2D eigenvalue weighted by atomic mass is 16.5. The van der Waals surface area contributed by atoms with E-state index in [-0.39, 0.29) is 0 Å². The van der Waals surface area contributed by atoms with Gasteiger partial charge in [-0.1, -0.05) is 27.7 Å². The molecule has 0 radical (unpaired) electrons. The van der Waals surface area contributed by atoms with Crippen molar-refractivity contribution >= 4 is 0 Å². The molecule has 2 unspecified atom stereocenters. The maximum atomic E-state index is 5.28. The van der Waals surface area contributed by atoms with Crippen LogP contribution in [0.1, 0.15) is 41.0 Å². The minimum Gasteiger partial charge on any atom is -0.383 e. The van der Waals surface area contributed by atoms with Crippen LogP contribution in [0, 0.1) is 5.92 Å². The highest BCUT2D eigenvalue weighted by Crippen LogP contribution is 2.14. The molecule has 0 saturated carbocycles. The lowest BCUT2D eigenvalue weighted by Crippen LogP contribution is -2.50. The number of nitrogens with zero attached hydrogens (tertiary/aromatic N) is 1. The number of hydrogen-bond acceptors (Lipinski definition) is 3. The van der Waals surface area contributed by atoms with Crippen LogP contribution in [0.25, 0.3) is 0 Å². The lowest BCUT2D eigenvalue weighted by atomic mass is 10.0. The standard InChI is InChI=1S/C14H32N2O/c1-7-9-15-10-14(12(3)4)16(8-2)13(5)11-17-6/h12-15H,7-11H2,1-6H3. The summed E-state index contributed by atoms with van der Waals surface area (Å²) in [6, 6.07) is 1.08. The minimum absolute atomic E-state index is 0.487. The third kappa shape index (κ3) is 6.39. The summed E-state index contributed by atoms with van der Waals surface area (Å²) in [5.74, 6) is 0.665. The molecule has 0 spiro atoms. The first-order chi connectivity index (χ1) is 8.08. The maximum Gasteiger partial charge on any atom is 0.0615 e. The van der Waals surface area contributed by atoms with Gasteiger partial charge in [-0.15, -0.1) is 0 Å². The normalized spacial score (nSPS) is 15.5. The lowest BCUT2D eigenvalue weighted by Gasteiger charge is -2.38. The molecule has 0 heterocycles. The van der Waals surface area contributed by atoms with E-state index in [1.807, 2.05) is 0 Å². The van der Waals surface area contributed by atoms with Gasteiger partial charge in [0.05, 0.1) is 6.61 Å². The zero-order valence-corrected chi connectivity index (χ0v) is 12.6. The van der Waals surface area contributed by atoms with Crippen LogP contribution >= 0.6 is 0 Å². The number of rotatable bonds is 10. The van der Waals surface area contributed by atoms with Crippen LogP contribution < -0.4 is 5.32 Å². The van der Waals surface area contributed by atoms with E-state index in [0.29, 0.717) is 18.0 Å². The Labute approximate surface area is 108 Å². The van der Waals surface area contributed by atoms with Gasteiger partial charge >= 0.3 is 0 Å². The Hall–Kier alpha value is -0.120. The maximum absolute atomic E-state index is 5.28. The predicted octanol–water partition coefficient (Wildman–Crippen LogP) is 2.37. The molecule has 0 aliphatic heterocycles. The van der Waals surface area contributed by atoms with Crippen LogP contribution in [0.3, 0.4) is 0 Å². The molecule has 0 aromatic rings. The fourth-order valence-electron chi connectivity index (χ4n) is 2.37. The van der Waals surface area contributed by atoms with Crippen LogP contribution in [0.2, 0.25) is 0 Å². The highest BCUT2D eigenvalue weighted by Gasteiger charge is 2.24. The SMILES string of the molecule is CCCNCC(C(C)C)N(CC)C(C)COC. The van der Waals surface area contributed by atoms with E-state index in [2.05, 4.69) is 44.8 Å². The lowest BCUT2D eigenvalue weighted by molar-refractivity contribution is 0.0566. The van der Waals surface area contributed by atoms with Gasteiger partial charge in [-0.3, -0.25) is 4.90 Å². The van der Waals surface area contributed by atoms with Crippen LogP contribution in [0.15, 0.2) is 0 Å². The summed E-state index contributed by atoms with van der Waals surface area (Å²) in [6.07, 6.45) is 1.20. The van der Waals surface area contributed by atoms with Crippen molar-refractivity contribution in [2.75, 3.05) is 33.4 Å². The first-order valence-electron chi connectivity index (χ1n) is 7.03. The Balaban J connectivity index is 4.40. The quantitative estimate of drug-likeness (QED) is 0.597. The fourth-order valence-corrected chi connectivity index (χ4v) is 2.37. The molecular formula is C14H32N2O. The smallest absolute Gasteiger partial charge is 0.0615 e. The number of hydrogen-bond donors (Lipinski definition) is 1. The van der Waals surface area contributed by atoms with Crippen LogP contribution in [-0.2, 0) is 4.74 Å². The summed E-state index contributed by atoms with van der Waals surface area (Å²) in [7, 11) is 1.78. The molecule has 0 bridgehead atoms. The number of nitrogens with one attached hydrogen (secondary N) is 1. The summed E-state index contributed by atoms with van der Waals surface area (Å²) in [6.45, 7) is 15.4. The van der Waals surface area contributed by atoms with Gasteiger partial charge < -0.3 is 10.1 Å². The van der Waals surface area contributed by atoms with Crippen molar-refractivity contribution in [2.45, 2.75) is 53.1 Å². The Morgan fingerprint density at radius 3 is 2.24 bits per heavy atom. The van der Waals surface area contributed by atoms with E-state index in [1.54, 1.807) is 7.11 Å². The molecule has 0 aromatic carbocycles. The molecule has 0 aliphatic carbocycles. The van der Waals surface area contributed by atoms with Gasteiger partial charge in [0.25, 0.3) is 0 Å². The molecule has 1 N–H and O–H groups in total. The molecule has 0 saturated heterocycles. The molecule has 104 valence electrons. The molecular weight excluding hydrogens is 212 g/mol. The first kappa shape index (κ1) is 16.9. The molecule has 17 heavy (non-hydrogen) atoms. The average molecular weight is 244 g/mol. The van der Waals surface area contributed by atoms with Crippen molar-refractivity contribution in [3.63, 3.8) is 0 Å². The van der Waals surface area contributed by atoms with E-state index in [4.69, 9.17) is 4.74 Å². The summed E-state index contributed by atoms with van der Waals surface area (Å²) >= 11 is 0. The molecule has 0 fully saturated rings. The predicted molar refractivity (Wildman–Crippen MR) is 75.5 cm³/mol. The second-order valence-corrected chi connectivity index (χ2v) is 5.15. The van der Waals surface area contributed by atoms with Gasteiger partial charge in [-0.05, 0) is 32.4 Å². The Bertz CT molecular complexity index is 174. The van der Waals surface area contributed by atoms with Gasteiger partial charge in [-0.2, -0.15) is 0 Å². The summed E-state index contributed by atoms with van der Waals surface area (Å²) < 4.78 is 5.28. The zero-order chi connectivity index (χ0) is 13.3. The third-order valence-electron chi connectivity index (χ3n) is 3.31. The van der Waals surface area contributed by atoms with Crippen LogP contribution in [-0.4, -0.2) is 50.3 Å². The molecule has 3 nitrogen and oxygen atoms in total. The monoisotopic (exact) mass is 244 g/mol. The van der Waals surface area contributed by atoms with Gasteiger partial charge in [0.1, 0.15) is 0 Å². The summed E-state index contributed by atoms with van der Waals surface area (Å²) in [4.78, 5) is 2.55. The average Bonchev–Trinajstić information content (AvgIpc) is 2.28. The second kappa shape index (κ2) is 9.86. The van der Waals surface area contributed by atoms with E-state index in [1.165, 1.54) is 6.42 Å². The molecule has 2 atom stereocenters. The van der Waals surface area contributed by atoms with Crippen molar-refractivity contribution in [3.05, 3.63) is 0 Å². The Morgan fingerprint density at radius 1 is 1.18 bits per heavy atom. The van der Waals surface area contributed by atoms with Gasteiger partial charge in [0, 0.05) is 25.7 Å². The van der Waals surface area contributed by atoms with Gasteiger partial charge in [0.15, 0.2) is 0 Å². The van der Waals surface area contributed by atoms with Crippen LogP contribution in [0.4, 0.5) is 0 Å². The van der Waals surface area contributed by atoms with Crippen molar-refractivity contribution in [1.82, 2.24) is 10.2 Å². The first-order valence-corrected chi connectivity index (χ1v) is 7.03. The summed E-state index contributed by atoms with van der Waals surface area (Å²) in [5, 5.41) is 3.55. The minimum atomic E-state index is 0.487. The third-order valence-corrected chi connectivity index (χ3v) is 3.31. The second-order valence-electron chi connectivity index (χ2n) is 5.15. The van der Waals surface area contributed by atoms with Crippen molar-refractivity contribution in [1.29, 1.82) is 0 Å². The van der Waals surface area contributed by atoms with E-state index < -0.39 is 0 Å². The van der Waals surface area contributed by atoms with E-state index in [0.717, 1.165) is 26.2 Å².